The van der Waals surface area contributed by atoms with Crippen molar-refractivity contribution in [2.24, 2.45) is 10.8 Å². The summed E-state index contributed by atoms with van der Waals surface area (Å²) in [5.74, 6) is 0.978. The summed E-state index contributed by atoms with van der Waals surface area (Å²) in [6.45, 7) is 6.97. The van der Waals surface area contributed by atoms with Crippen molar-refractivity contribution in [3.8, 4) is 33.8 Å². The molecule has 0 heterocycles. The molecular weight excluding hydrogens is 524 g/mol. The number of hydrogen-bond donors (Lipinski definition) is 2. The minimum Gasteiger partial charge on any atom is -0.410 e. The lowest BCUT2D eigenvalue weighted by molar-refractivity contribution is 0.0701. The van der Waals surface area contributed by atoms with Gasteiger partial charge in [0.15, 0.2) is 0 Å². The van der Waals surface area contributed by atoms with Crippen molar-refractivity contribution in [2.45, 2.75) is 46.1 Å². The average Bonchev–Trinajstić information content (AvgIpc) is 2.97. The van der Waals surface area contributed by atoms with Gasteiger partial charge in [0.1, 0.15) is 11.5 Å². The molecule has 216 valence electrons. The van der Waals surface area contributed by atoms with Crippen LogP contribution in [0.15, 0.2) is 109 Å². The zero-order chi connectivity index (χ0) is 29.6. The standard InChI is InChI=1S/C36H38N2O4/c1-35(2)22-30(38-34(40)42-32-20-16-29(17-21-32)27-12-8-5-9-13-27)23-36(3,24-35)25-37-33(39)41-31-18-14-28(15-19-31)26-10-6-4-7-11-26/h4-21,30H,22-25H2,1-3H3,(H,37,39)(H,38,40). The number of rotatable bonds is 7. The van der Waals surface area contributed by atoms with Crippen molar-refractivity contribution in [2.75, 3.05) is 6.54 Å². The van der Waals surface area contributed by atoms with Crippen LogP contribution >= 0.6 is 0 Å². The Morgan fingerprint density at radius 1 is 0.643 bits per heavy atom. The van der Waals surface area contributed by atoms with E-state index < -0.39 is 12.2 Å². The molecule has 5 rings (SSSR count). The van der Waals surface area contributed by atoms with Gasteiger partial charge in [-0.25, -0.2) is 9.59 Å². The first-order valence-electron chi connectivity index (χ1n) is 14.4. The largest absolute Gasteiger partial charge is 0.412 e. The number of nitrogens with one attached hydrogen (secondary N) is 2. The summed E-state index contributed by atoms with van der Waals surface area (Å²) in [5, 5.41) is 6.02. The fraction of sp³-hybridized carbons (Fsp3) is 0.278. The van der Waals surface area contributed by atoms with E-state index in [1.807, 2.05) is 97.1 Å². The van der Waals surface area contributed by atoms with E-state index in [9.17, 15) is 9.59 Å². The second-order valence-electron chi connectivity index (χ2n) is 12.3. The van der Waals surface area contributed by atoms with Crippen LogP contribution in [-0.2, 0) is 0 Å². The maximum Gasteiger partial charge on any atom is 0.412 e. The van der Waals surface area contributed by atoms with Gasteiger partial charge in [0.05, 0.1) is 0 Å². The number of benzene rings is 4. The van der Waals surface area contributed by atoms with Crippen LogP contribution in [0.2, 0.25) is 0 Å². The number of amides is 2. The number of hydrogen-bond acceptors (Lipinski definition) is 4. The van der Waals surface area contributed by atoms with Gasteiger partial charge >= 0.3 is 12.2 Å². The maximum atomic E-state index is 12.8. The van der Waals surface area contributed by atoms with Gasteiger partial charge in [-0.3, -0.25) is 0 Å². The van der Waals surface area contributed by atoms with Gasteiger partial charge in [-0.05, 0) is 76.6 Å². The zero-order valence-corrected chi connectivity index (χ0v) is 24.4. The molecule has 0 saturated heterocycles. The summed E-state index contributed by atoms with van der Waals surface area (Å²) < 4.78 is 11.2. The minimum atomic E-state index is -0.491. The van der Waals surface area contributed by atoms with E-state index in [0.717, 1.165) is 35.1 Å². The van der Waals surface area contributed by atoms with Crippen molar-refractivity contribution in [3.05, 3.63) is 109 Å². The summed E-state index contributed by atoms with van der Waals surface area (Å²) in [4.78, 5) is 25.5. The molecule has 2 unspecified atom stereocenters. The Bertz CT molecular complexity index is 1490. The highest BCUT2D eigenvalue weighted by molar-refractivity contribution is 5.72. The van der Waals surface area contributed by atoms with E-state index in [1.54, 1.807) is 12.1 Å². The quantitative estimate of drug-likeness (QED) is 0.237. The van der Waals surface area contributed by atoms with E-state index in [-0.39, 0.29) is 16.9 Å². The Balaban J connectivity index is 1.13. The van der Waals surface area contributed by atoms with Crippen LogP contribution in [-0.4, -0.2) is 24.8 Å². The van der Waals surface area contributed by atoms with Crippen LogP contribution in [0.1, 0.15) is 40.0 Å². The second kappa shape index (κ2) is 12.5. The smallest absolute Gasteiger partial charge is 0.410 e. The van der Waals surface area contributed by atoms with Gasteiger partial charge in [-0.1, -0.05) is 106 Å². The SMILES string of the molecule is CC1(C)CC(NC(=O)Oc2ccc(-c3ccccc3)cc2)CC(C)(CNC(=O)Oc2ccc(-c3ccccc3)cc2)C1. The van der Waals surface area contributed by atoms with Gasteiger partial charge < -0.3 is 20.1 Å². The maximum absolute atomic E-state index is 12.8. The Hall–Kier alpha value is -4.58. The molecule has 0 radical (unpaired) electrons. The first-order chi connectivity index (χ1) is 20.2. The van der Waals surface area contributed by atoms with E-state index in [2.05, 4.69) is 31.4 Å². The van der Waals surface area contributed by atoms with Gasteiger partial charge in [0.25, 0.3) is 0 Å². The predicted octanol–water partition coefficient (Wildman–Crippen LogP) is 8.48. The van der Waals surface area contributed by atoms with Gasteiger partial charge in [-0.2, -0.15) is 0 Å². The van der Waals surface area contributed by atoms with Gasteiger partial charge in [0, 0.05) is 12.6 Å². The fourth-order valence-electron chi connectivity index (χ4n) is 6.29. The lowest BCUT2D eigenvalue weighted by Gasteiger charge is -2.46. The summed E-state index contributed by atoms with van der Waals surface area (Å²) in [5.41, 5.74) is 4.07. The molecule has 2 amide bonds. The normalized spacial score (nSPS) is 19.4. The van der Waals surface area contributed by atoms with Crippen molar-refractivity contribution in [3.63, 3.8) is 0 Å². The molecule has 0 spiro atoms. The second-order valence-corrected chi connectivity index (χ2v) is 12.3. The molecule has 0 aliphatic heterocycles. The zero-order valence-electron chi connectivity index (χ0n) is 24.4. The highest BCUT2D eigenvalue weighted by Gasteiger charge is 2.42. The monoisotopic (exact) mass is 562 g/mol. The third kappa shape index (κ3) is 7.78. The number of carbonyl (C=O) groups excluding carboxylic acids is 2. The Kier molecular flexibility index (Phi) is 8.62. The molecule has 0 bridgehead atoms. The van der Waals surface area contributed by atoms with Crippen LogP contribution < -0.4 is 20.1 Å². The highest BCUT2D eigenvalue weighted by Crippen LogP contribution is 2.45. The third-order valence-corrected chi connectivity index (χ3v) is 7.77. The van der Waals surface area contributed by atoms with Crippen LogP contribution in [0.25, 0.3) is 22.3 Å². The Morgan fingerprint density at radius 3 is 1.60 bits per heavy atom. The molecular formula is C36H38N2O4. The molecule has 6 nitrogen and oxygen atoms in total. The van der Waals surface area contributed by atoms with Crippen LogP contribution in [0.4, 0.5) is 9.59 Å². The molecule has 1 aliphatic rings. The van der Waals surface area contributed by atoms with E-state index in [0.29, 0.717) is 24.5 Å². The summed E-state index contributed by atoms with van der Waals surface area (Å²) in [6, 6.07) is 35.0. The molecule has 4 aromatic rings. The Morgan fingerprint density at radius 2 is 1.10 bits per heavy atom. The first-order valence-corrected chi connectivity index (χ1v) is 14.4. The third-order valence-electron chi connectivity index (χ3n) is 7.77. The molecule has 2 atom stereocenters. The average molecular weight is 563 g/mol. The highest BCUT2D eigenvalue weighted by atomic mass is 16.6. The van der Waals surface area contributed by atoms with Gasteiger partial charge in [-0.15, -0.1) is 0 Å². The molecule has 1 saturated carbocycles. The first kappa shape index (κ1) is 28.9. The van der Waals surface area contributed by atoms with Crippen LogP contribution in [0, 0.1) is 10.8 Å². The van der Waals surface area contributed by atoms with Crippen molar-refractivity contribution >= 4 is 12.2 Å². The molecule has 6 heteroatoms. The predicted molar refractivity (Wildman–Crippen MR) is 166 cm³/mol. The summed E-state index contributed by atoms with van der Waals surface area (Å²) in [6.07, 6.45) is 1.47. The molecule has 0 aromatic heterocycles. The van der Waals surface area contributed by atoms with E-state index in [4.69, 9.17) is 9.47 Å². The topological polar surface area (TPSA) is 76.7 Å². The van der Waals surface area contributed by atoms with Crippen LogP contribution in [0.5, 0.6) is 11.5 Å². The number of ether oxygens (including phenoxy) is 2. The molecule has 2 N–H and O–H groups in total. The lowest BCUT2D eigenvalue weighted by atomic mass is 9.62. The van der Waals surface area contributed by atoms with Gasteiger partial charge in [0.2, 0.25) is 0 Å². The molecule has 4 aromatic carbocycles. The van der Waals surface area contributed by atoms with Crippen molar-refractivity contribution < 1.29 is 19.1 Å². The summed E-state index contributed by atoms with van der Waals surface area (Å²) in [7, 11) is 0. The Labute approximate surface area is 248 Å². The van der Waals surface area contributed by atoms with E-state index >= 15 is 0 Å². The van der Waals surface area contributed by atoms with Crippen molar-refractivity contribution in [1.82, 2.24) is 10.6 Å². The van der Waals surface area contributed by atoms with E-state index in [1.165, 1.54) is 0 Å². The molecule has 1 fully saturated rings. The molecule has 42 heavy (non-hydrogen) atoms. The number of carbonyl (C=O) groups is 2. The fourth-order valence-corrected chi connectivity index (χ4v) is 6.29. The summed E-state index contributed by atoms with van der Waals surface area (Å²) >= 11 is 0. The van der Waals surface area contributed by atoms with Crippen molar-refractivity contribution in [1.29, 1.82) is 0 Å². The minimum absolute atomic E-state index is 0.0267. The lowest BCUT2D eigenvalue weighted by Crippen LogP contribution is -2.51. The molecule has 1 aliphatic carbocycles. The van der Waals surface area contributed by atoms with Crippen LogP contribution in [0.3, 0.4) is 0 Å².